The number of benzene rings is 1. The summed E-state index contributed by atoms with van der Waals surface area (Å²) >= 11 is 0. The summed E-state index contributed by atoms with van der Waals surface area (Å²) in [4.78, 5) is 0. The Hall–Kier alpha value is -0.170. The number of hydrogen-bond acceptors (Lipinski definition) is 0. The van der Waals surface area contributed by atoms with Crippen LogP contribution in [0.25, 0.3) is 5.57 Å². The molecule has 0 aromatic heterocycles. The molecule has 0 spiro atoms. The van der Waals surface area contributed by atoms with Gasteiger partial charge in [0.05, 0.1) is 0 Å². The summed E-state index contributed by atoms with van der Waals surface area (Å²) in [6.07, 6.45) is 11.0. The van der Waals surface area contributed by atoms with Crippen LogP contribution in [-0.4, -0.2) is 0 Å². The first-order valence-corrected chi connectivity index (χ1v) is 6.14. The van der Waals surface area contributed by atoms with Gasteiger partial charge in [-0.25, -0.2) is 5.57 Å². The predicted molar refractivity (Wildman–Crippen MR) is 63.7 cm³/mol. The minimum atomic E-state index is 0. The number of aryl methyl sites for hydroxylation is 1. The molecule has 0 saturated heterocycles. The maximum atomic E-state index is 3.57. The average molecular weight is 376 g/mol. The fraction of sp³-hybridized carbons (Fsp3) is 0.467. The average Bonchev–Trinajstić information content (AvgIpc) is 2.83. The zero-order valence-corrected chi connectivity index (χ0v) is 13.5. The molecule has 1 aromatic rings. The van der Waals surface area contributed by atoms with Gasteiger partial charge in [-0.15, -0.1) is 17.5 Å². The van der Waals surface area contributed by atoms with Gasteiger partial charge in [0.1, 0.15) is 0 Å². The van der Waals surface area contributed by atoms with E-state index in [1.54, 1.807) is 16.7 Å². The van der Waals surface area contributed by atoms with E-state index >= 15 is 0 Å². The molecule has 0 unspecified atom stereocenters. The number of allylic oxidation sites excluding steroid dienone is 2. The Morgan fingerprint density at radius 3 is 2.81 bits per heavy atom. The minimum absolute atomic E-state index is 0. The minimum Gasteiger partial charge on any atom is -0.268 e. The normalized spacial score (nSPS) is 16.4. The molecule has 82 valence electrons. The Morgan fingerprint density at radius 1 is 1.19 bits per heavy atom. The molecule has 2 aliphatic carbocycles. The largest absolute Gasteiger partial charge is 0.268 e. The van der Waals surface area contributed by atoms with Crippen LogP contribution >= 0.6 is 0 Å². The van der Waals surface area contributed by atoms with Crippen LogP contribution in [0.5, 0.6) is 0 Å². The molecule has 1 heteroatoms. The molecule has 2 aliphatic rings. The molecule has 0 N–H and O–H groups in total. The third kappa shape index (κ3) is 1.88. The Labute approximate surface area is 117 Å². The van der Waals surface area contributed by atoms with Crippen LogP contribution in [0.2, 0.25) is 0 Å². The standard InChI is InChI=1S/C15H17.Hf/c1-2-4-12-9-10-13-8-7-11-5-3-6-14(11)15(12)13;/h7-8H,2-6,10H2,1H3;/q-1;. The first-order valence-electron chi connectivity index (χ1n) is 6.14. The van der Waals surface area contributed by atoms with Gasteiger partial charge in [-0.2, -0.15) is 5.56 Å². The monoisotopic (exact) mass is 377 g/mol. The number of fused-ring (bicyclic) bond motifs is 3. The van der Waals surface area contributed by atoms with E-state index in [4.69, 9.17) is 0 Å². The van der Waals surface area contributed by atoms with Crippen molar-refractivity contribution in [3.63, 3.8) is 0 Å². The van der Waals surface area contributed by atoms with Crippen LogP contribution in [0.3, 0.4) is 0 Å². The van der Waals surface area contributed by atoms with Gasteiger partial charge in [0.25, 0.3) is 0 Å². The van der Waals surface area contributed by atoms with Gasteiger partial charge in [-0.3, -0.25) is 6.08 Å². The second-order valence-corrected chi connectivity index (χ2v) is 4.67. The molecule has 16 heavy (non-hydrogen) atoms. The molecule has 0 atom stereocenters. The summed E-state index contributed by atoms with van der Waals surface area (Å²) in [6.45, 7) is 2.26. The third-order valence-electron chi connectivity index (χ3n) is 3.66. The van der Waals surface area contributed by atoms with Gasteiger partial charge in [-0.05, 0) is 19.3 Å². The zero-order chi connectivity index (χ0) is 10.3. The zero-order valence-electron chi connectivity index (χ0n) is 9.90. The van der Waals surface area contributed by atoms with E-state index in [1.807, 2.05) is 0 Å². The smallest absolute Gasteiger partial charge is 0 e. The van der Waals surface area contributed by atoms with Crippen molar-refractivity contribution in [3.8, 4) is 0 Å². The molecule has 0 radical (unpaired) electrons. The van der Waals surface area contributed by atoms with Crippen molar-refractivity contribution < 1.29 is 25.8 Å². The predicted octanol–water partition coefficient (Wildman–Crippen LogP) is 3.72. The Bertz CT molecular complexity index is 429. The van der Waals surface area contributed by atoms with E-state index in [0.717, 1.165) is 6.42 Å². The van der Waals surface area contributed by atoms with Crippen LogP contribution in [0.15, 0.2) is 12.1 Å². The van der Waals surface area contributed by atoms with Gasteiger partial charge in [0, 0.05) is 25.8 Å². The van der Waals surface area contributed by atoms with E-state index in [0.29, 0.717) is 0 Å². The van der Waals surface area contributed by atoms with E-state index in [9.17, 15) is 0 Å². The summed E-state index contributed by atoms with van der Waals surface area (Å²) < 4.78 is 0. The molecule has 0 aliphatic heterocycles. The number of rotatable bonds is 2. The van der Waals surface area contributed by atoms with Gasteiger partial charge in [-0.1, -0.05) is 37.5 Å². The van der Waals surface area contributed by atoms with Crippen molar-refractivity contribution in [1.29, 1.82) is 0 Å². The maximum absolute atomic E-state index is 3.57. The summed E-state index contributed by atoms with van der Waals surface area (Å²) in [7, 11) is 0. The van der Waals surface area contributed by atoms with Crippen molar-refractivity contribution in [2.45, 2.75) is 45.4 Å². The molecule has 0 saturated carbocycles. The SMILES string of the molecule is CCCC1=[C-]Cc2ccc3c(c21)CCC3.[Hf]. The van der Waals surface area contributed by atoms with Crippen LogP contribution in [0.4, 0.5) is 0 Å². The first kappa shape index (κ1) is 12.3. The van der Waals surface area contributed by atoms with Gasteiger partial charge in [0.2, 0.25) is 0 Å². The van der Waals surface area contributed by atoms with Crippen LogP contribution in [0.1, 0.15) is 48.4 Å². The quantitative estimate of drug-likeness (QED) is 0.546. The topological polar surface area (TPSA) is 0 Å². The molecular weight excluding hydrogens is 359 g/mol. The van der Waals surface area contributed by atoms with Crippen LogP contribution in [0, 0.1) is 6.08 Å². The van der Waals surface area contributed by atoms with Crippen LogP contribution < -0.4 is 0 Å². The van der Waals surface area contributed by atoms with Crippen molar-refractivity contribution in [2.24, 2.45) is 0 Å². The Kier molecular flexibility index (Phi) is 3.84. The Balaban J connectivity index is 0.000000963. The molecule has 0 heterocycles. The fourth-order valence-electron chi connectivity index (χ4n) is 2.99. The maximum Gasteiger partial charge on any atom is 0 e. The van der Waals surface area contributed by atoms with E-state index in [2.05, 4.69) is 25.1 Å². The molecular formula is C15H17Hf-. The second kappa shape index (κ2) is 5.00. The van der Waals surface area contributed by atoms with E-state index < -0.39 is 0 Å². The molecule has 1 aromatic carbocycles. The van der Waals surface area contributed by atoms with Gasteiger partial charge in [0.15, 0.2) is 0 Å². The Morgan fingerprint density at radius 2 is 2.00 bits per heavy atom. The third-order valence-corrected chi connectivity index (χ3v) is 3.66. The molecule has 0 bridgehead atoms. The summed E-state index contributed by atoms with van der Waals surface area (Å²) in [5.41, 5.74) is 7.88. The van der Waals surface area contributed by atoms with E-state index in [1.165, 1.54) is 43.2 Å². The second-order valence-electron chi connectivity index (χ2n) is 4.67. The summed E-state index contributed by atoms with van der Waals surface area (Å²) in [5.74, 6) is 0. The fourth-order valence-corrected chi connectivity index (χ4v) is 2.99. The van der Waals surface area contributed by atoms with Gasteiger partial charge >= 0.3 is 0 Å². The summed E-state index contributed by atoms with van der Waals surface area (Å²) in [6, 6.07) is 4.67. The van der Waals surface area contributed by atoms with Crippen molar-refractivity contribution in [2.75, 3.05) is 0 Å². The first-order chi connectivity index (χ1) is 7.40. The van der Waals surface area contributed by atoms with E-state index in [-0.39, 0.29) is 25.8 Å². The molecule has 0 amide bonds. The molecule has 0 nitrogen and oxygen atoms in total. The molecule has 0 fully saturated rings. The number of hydrogen-bond donors (Lipinski definition) is 0. The van der Waals surface area contributed by atoms with Crippen LogP contribution in [-0.2, 0) is 45.1 Å². The van der Waals surface area contributed by atoms with Gasteiger partial charge < -0.3 is 0 Å². The molecule has 3 rings (SSSR count). The van der Waals surface area contributed by atoms with Crippen molar-refractivity contribution in [3.05, 3.63) is 40.5 Å². The van der Waals surface area contributed by atoms with Crippen molar-refractivity contribution >= 4 is 5.57 Å². The summed E-state index contributed by atoms with van der Waals surface area (Å²) in [5, 5.41) is 0. The van der Waals surface area contributed by atoms with Crippen molar-refractivity contribution in [1.82, 2.24) is 0 Å².